The number of nitrogens with one attached hydrogen (secondary N) is 2. The van der Waals surface area contributed by atoms with Gasteiger partial charge in [0.1, 0.15) is 11.5 Å². The zero-order valence-corrected chi connectivity index (χ0v) is 21.1. The van der Waals surface area contributed by atoms with Crippen LogP contribution in [0.15, 0.2) is 53.8 Å². The number of unbranched alkanes of at least 4 members (excludes halogenated alkanes) is 1. The number of carbonyl (C=O) groups is 1. The van der Waals surface area contributed by atoms with Crippen LogP contribution in [0, 0.1) is 6.92 Å². The molecular formula is C27H36N6O2. The van der Waals surface area contributed by atoms with E-state index in [-0.39, 0.29) is 12.4 Å². The maximum absolute atomic E-state index is 10.6. The van der Waals surface area contributed by atoms with Gasteiger partial charge in [-0.15, -0.1) is 0 Å². The van der Waals surface area contributed by atoms with E-state index in [0.29, 0.717) is 11.6 Å². The van der Waals surface area contributed by atoms with Crippen LogP contribution in [0.2, 0.25) is 0 Å². The number of anilines is 2. The SMILES string of the molecule is CC(=O)c1ccccn1.CCc1nc(N/N=C/c2cccc(C)c2)nc(NCCCCO)c1CC. The van der Waals surface area contributed by atoms with Gasteiger partial charge in [0, 0.05) is 31.8 Å². The highest BCUT2D eigenvalue weighted by molar-refractivity contribution is 5.91. The number of aliphatic hydroxyl groups is 1. The molecule has 0 fully saturated rings. The van der Waals surface area contributed by atoms with Gasteiger partial charge in [0.2, 0.25) is 5.95 Å². The summed E-state index contributed by atoms with van der Waals surface area (Å²) in [5, 5.41) is 16.6. The van der Waals surface area contributed by atoms with Crippen molar-refractivity contribution in [1.29, 1.82) is 0 Å². The molecule has 0 bridgehead atoms. The Kier molecular flexibility index (Phi) is 12.1. The standard InChI is InChI=1S/C20H29N5O.C7H7NO/c1-4-17-18(5-2)23-20(24-19(17)21-11-6-7-12-26)25-22-14-16-10-8-9-15(3)13-16;1-6(9)7-4-2-3-5-8-7/h8-10,13-14,26H,4-7,11-12H2,1-3H3,(H2,21,23,24,25);2-5H,1H3/b22-14+;. The van der Waals surface area contributed by atoms with Gasteiger partial charge in [0.05, 0.1) is 11.9 Å². The number of pyridine rings is 1. The number of aromatic nitrogens is 3. The first kappa shape index (κ1) is 27.6. The zero-order valence-electron chi connectivity index (χ0n) is 21.1. The molecule has 3 rings (SSSR count). The summed E-state index contributed by atoms with van der Waals surface area (Å²) in [5.41, 5.74) is 7.87. The van der Waals surface area contributed by atoms with E-state index in [1.807, 2.05) is 12.1 Å². The van der Waals surface area contributed by atoms with Crippen molar-refractivity contribution in [2.24, 2.45) is 5.10 Å². The lowest BCUT2D eigenvalue weighted by molar-refractivity contribution is 0.101. The van der Waals surface area contributed by atoms with Crippen LogP contribution < -0.4 is 10.7 Å². The highest BCUT2D eigenvalue weighted by atomic mass is 16.2. The van der Waals surface area contributed by atoms with E-state index < -0.39 is 0 Å². The molecule has 3 N–H and O–H groups in total. The van der Waals surface area contributed by atoms with E-state index in [0.717, 1.165) is 54.9 Å². The molecule has 0 saturated heterocycles. The summed E-state index contributed by atoms with van der Waals surface area (Å²) in [5.74, 6) is 1.36. The second-order valence-corrected chi connectivity index (χ2v) is 7.94. The molecule has 0 unspecified atom stereocenters. The summed E-state index contributed by atoms with van der Waals surface area (Å²) in [7, 11) is 0. The third-order valence-electron chi connectivity index (χ3n) is 5.10. The Morgan fingerprint density at radius 1 is 1.09 bits per heavy atom. The fourth-order valence-corrected chi connectivity index (χ4v) is 3.32. The number of hydrogen-bond donors (Lipinski definition) is 3. The van der Waals surface area contributed by atoms with E-state index in [1.54, 1.807) is 30.6 Å². The Morgan fingerprint density at radius 2 is 1.91 bits per heavy atom. The number of benzene rings is 1. The first-order chi connectivity index (χ1) is 17.0. The van der Waals surface area contributed by atoms with Gasteiger partial charge in [-0.05, 0) is 50.3 Å². The first-order valence-electron chi connectivity index (χ1n) is 12.0. The lowest BCUT2D eigenvalue weighted by Crippen LogP contribution is -2.12. The van der Waals surface area contributed by atoms with Crippen LogP contribution in [-0.2, 0) is 12.8 Å². The molecule has 1 aromatic carbocycles. The van der Waals surface area contributed by atoms with E-state index in [1.165, 1.54) is 12.5 Å². The van der Waals surface area contributed by atoms with Gasteiger partial charge in [-0.1, -0.05) is 49.7 Å². The van der Waals surface area contributed by atoms with Crippen molar-refractivity contribution in [2.75, 3.05) is 23.9 Å². The molecule has 0 atom stereocenters. The summed E-state index contributed by atoms with van der Waals surface area (Å²) >= 11 is 0. The molecule has 186 valence electrons. The predicted molar refractivity (Wildman–Crippen MR) is 142 cm³/mol. The van der Waals surface area contributed by atoms with E-state index >= 15 is 0 Å². The lowest BCUT2D eigenvalue weighted by atomic mass is 10.1. The van der Waals surface area contributed by atoms with Crippen LogP contribution >= 0.6 is 0 Å². The van der Waals surface area contributed by atoms with Crippen LogP contribution in [-0.4, -0.2) is 45.2 Å². The largest absolute Gasteiger partial charge is 0.396 e. The molecule has 0 amide bonds. The highest BCUT2D eigenvalue weighted by Crippen LogP contribution is 2.20. The molecule has 0 saturated carbocycles. The van der Waals surface area contributed by atoms with Crippen molar-refractivity contribution >= 4 is 23.8 Å². The predicted octanol–water partition coefficient (Wildman–Crippen LogP) is 4.82. The minimum atomic E-state index is 0.00981. The number of rotatable bonds is 11. The van der Waals surface area contributed by atoms with Gasteiger partial charge in [-0.3, -0.25) is 9.78 Å². The normalized spacial score (nSPS) is 10.5. The highest BCUT2D eigenvalue weighted by Gasteiger charge is 2.11. The van der Waals surface area contributed by atoms with Crippen LogP contribution in [0.4, 0.5) is 11.8 Å². The number of Topliss-reactive ketones (excluding diaryl/α,β-unsaturated/α-hetero) is 1. The Hall–Kier alpha value is -3.65. The minimum absolute atomic E-state index is 0.00981. The van der Waals surface area contributed by atoms with Crippen LogP contribution in [0.3, 0.4) is 0 Å². The lowest BCUT2D eigenvalue weighted by Gasteiger charge is -2.14. The van der Waals surface area contributed by atoms with Crippen LogP contribution in [0.5, 0.6) is 0 Å². The number of aryl methyl sites for hydroxylation is 2. The van der Waals surface area contributed by atoms with Gasteiger partial charge in [-0.2, -0.15) is 10.1 Å². The van der Waals surface area contributed by atoms with Crippen molar-refractivity contribution in [3.8, 4) is 0 Å². The molecule has 0 spiro atoms. The molecule has 0 aliphatic heterocycles. The quantitative estimate of drug-likeness (QED) is 0.157. The second-order valence-electron chi connectivity index (χ2n) is 7.94. The molecule has 0 aliphatic rings. The molecule has 35 heavy (non-hydrogen) atoms. The molecule has 8 nitrogen and oxygen atoms in total. The van der Waals surface area contributed by atoms with Gasteiger partial charge in [0.15, 0.2) is 5.78 Å². The molecule has 0 aliphatic carbocycles. The van der Waals surface area contributed by atoms with E-state index in [9.17, 15) is 4.79 Å². The van der Waals surface area contributed by atoms with E-state index in [2.05, 4.69) is 63.7 Å². The van der Waals surface area contributed by atoms with Gasteiger partial charge >= 0.3 is 0 Å². The molecule has 0 radical (unpaired) electrons. The summed E-state index contributed by atoms with van der Waals surface area (Å²) < 4.78 is 0. The second kappa shape index (κ2) is 15.3. The number of aliphatic hydroxyl groups excluding tert-OH is 1. The minimum Gasteiger partial charge on any atom is -0.396 e. The van der Waals surface area contributed by atoms with Crippen molar-refractivity contribution in [1.82, 2.24) is 15.0 Å². The zero-order chi connectivity index (χ0) is 25.5. The van der Waals surface area contributed by atoms with Crippen molar-refractivity contribution in [3.63, 3.8) is 0 Å². The molecular weight excluding hydrogens is 440 g/mol. The number of carbonyl (C=O) groups excluding carboxylic acids is 1. The molecule has 8 heteroatoms. The topological polar surface area (TPSA) is 112 Å². The number of nitrogens with zero attached hydrogens (tertiary/aromatic N) is 4. The van der Waals surface area contributed by atoms with Gasteiger partial charge in [0.25, 0.3) is 0 Å². The summed E-state index contributed by atoms with van der Waals surface area (Å²) in [6.45, 7) is 8.75. The Balaban J connectivity index is 0.000000402. The number of hydrazone groups is 1. The van der Waals surface area contributed by atoms with E-state index in [4.69, 9.17) is 5.11 Å². The smallest absolute Gasteiger partial charge is 0.245 e. The van der Waals surface area contributed by atoms with Crippen molar-refractivity contribution < 1.29 is 9.90 Å². The molecule has 2 heterocycles. The summed E-state index contributed by atoms with van der Waals surface area (Å²) in [4.78, 5) is 23.6. The van der Waals surface area contributed by atoms with Crippen molar-refractivity contribution in [2.45, 2.75) is 53.4 Å². The average Bonchev–Trinajstić information content (AvgIpc) is 2.87. The maximum Gasteiger partial charge on any atom is 0.245 e. The molecule has 2 aromatic heterocycles. The Morgan fingerprint density at radius 3 is 2.51 bits per heavy atom. The maximum atomic E-state index is 10.6. The fourth-order valence-electron chi connectivity index (χ4n) is 3.32. The third-order valence-corrected chi connectivity index (χ3v) is 5.10. The van der Waals surface area contributed by atoms with Crippen LogP contribution in [0.25, 0.3) is 0 Å². The fraction of sp³-hybridized carbons (Fsp3) is 0.370. The summed E-state index contributed by atoms with van der Waals surface area (Å²) in [6, 6.07) is 13.4. The summed E-state index contributed by atoms with van der Waals surface area (Å²) in [6.07, 6.45) is 6.78. The number of hydrogen-bond acceptors (Lipinski definition) is 8. The average molecular weight is 477 g/mol. The van der Waals surface area contributed by atoms with Crippen molar-refractivity contribution in [3.05, 3.63) is 76.7 Å². The van der Waals surface area contributed by atoms with Crippen LogP contribution in [0.1, 0.15) is 66.5 Å². The van der Waals surface area contributed by atoms with Gasteiger partial charge < -0.3 is 10.4 Å². The number of ketones is 1. The Labute approximate surface area is 208 Å². The Bertz CT molecular complexity index is 1090. The molecule has 3 aromatic rings. The third kappa shape index (κ3) is 9.62. The first-order valence-corrected chi connectivity index (χ1v) is 12.0. The van der Waals surface area contributed by atoms with Gasteiger partial charge in [-0.25, -0.2) is 10.4 Å². The monoisotopic (exact) mass is 476 g/mol.